The van der Waals surface area contributed by atoms with Gasteiger partial charge in [0.1, 0.15) is 0 Å². The molecule has 20 heavy (non-hydrogen) atoms. The third kappa shape index (κ3) is 3.70. The first-order valence-electron chi connectivity index (χ1n) is 7.60. The van der Waals surface area contributed by atoms with Crippen molar-refractivity contribution in [1.82, 2.24) is 5.32 Å². The molecule has 3 rings (SSSR count). The van der Waals surface area contributed by atoms with Crippen LogP contribution in [0.15, 0.2) is 23.1 Å². The lowest BCUT2D eigenvalue weighted by molar-refractivity contribution is 0.0111. The van der Waals surface area contributed by atoms with Crippen molar-refractivity contribution in [3.8, 4) is 0 Å². The Morgan fingerprint density at radius 3 is 3.10 bits per heavy atom. The third-order valence-corrected chi connectivity index (χ3v) is 5.50. The zero-order valence-corrected chi connectivity index (χ0v) is 13.3. The third-order valence-electron chi connectivity index (χ3n) is 4.14. The number of benzene rings is 1. The Morgan fingerprint density at radius 1 is 1.30 bits per heavy atom. The van der Waals surface area contributed by atoms with Crippen LogP contribution in [0.2, 0.25) is 5.02 Å². The van der Waals surface area contributed by atoms with Crippen molar-refractivity contribution in [2.24, 2.45) is 0 Å². The lowest BCUT2D eigenvalue weighted by atomic mass is 10.0. The number of hydrogen-bond acceptors (Lipinski definition) is 3. The number of nitrogens with one attached hydrogen (secondary N) is 1. The predicted molar refractivity (Wildman–Crippen MR) is 85.7 cm³/mol. The summed E-state index contributed by atoms with van der Waals surface area (Å²) in [6.07, 6.45) is 6.56. The molecule has 0 spiro atoms. The molecule has 0 amide bonds. The Balaban J connectivity index is 1.54. The molecule has 0 aromatic heterocycles. The smallest absolute Gasteiger partial charge is 0.0587 e. The maximum absolute atomic E-state index is 6.14. The summed E-state index contributed by atoms with van der Waals surface area (Å²) in [7, 11) is 0. The second-order valence-corrected chi connectivity index (χ2v) is 7.18. The summed E-state index contributed by atoms with van der Waals surface area (Å²) in [5.41, 5.74) is 1.37. The van der Waals surface area contributed by atoms with E-state index in [4.69, 9.17) is 16.3 Å². The van der Waals surface area contributed by atoms with E-state index in [1.54, 1.807) is 0 Å². The van der Waals surface area contributed by atoms with Gasteiger partial charge in [-0.2, -0.15) is 0 Å². The van der Waals surface area contributed by atoms with Gasteiger partial charge in [0.15, 0.2) is 0 Å². The highest BCUT2D eigenvalue weighted by atomic mass is 35.5. The summed E-state index contributed by atoms with van der Waals surface area (Å²) in [4.78, 5) is 1.38. The second-order valence-electron chi connectivity index (χ2n) is 5.60. The van der Waals surface area contributed by atoms with Crippen LogP contribution in [0, 0.1) is 0 Å². The SMILES string of the molecule is Clc1ccc2c(c1)C(NCCC1CCCCO1)CCS2. The molecule has 110 valence electrons. The number of thioether (sulfide) groups is 1. The number of hydrogen-bond donors (Lipinski definition) is 1. The molecule has 1 N–H and O–H groups in total. The fraction of sp³-hybridized carbons (Fsp3) is 0.625. The fourth-order valence-corrected chi connectivity index (χ4v) is 4.32. The number of fused-ring (bicyclic) bond motifs is 1. The molecule has 2 aliphatic rings. The van der Waals surface area contributed by atoms with Crippen LogP contribution in [0.25, 0.3) is 0 Å². The molecular weight excluding hydrogens is 290 g/mol. The molecule has 2 heterocycles. The van der Waals surface area contributed by atoms with Gasteiger partial charge < -0.3 is 10.1 Å². The van der Waals surface area contributed by atoms with Crippen LogP contribution in [-0.2, 0) is 4.74 Å². The first-order chi connectivity index (χ1) is 9.83. The lowest BCUT2D eigenvalue weighted by Crippen LogP contribution is -2.29. The predicted octanol–water partition coefficient (Wildman–Crippen LogP) is 4.43. The normalized spacial score (nSPS) is 26.2. The van der Waals surface area contributed by atoms with E-state index in [1.807, 2.05) is 17.8 Å². The van der Waals surface area contributed by atoms with Gasteiger partial charge in [-0.15, -0.1) is 11.8 Å². The van der Waals surface area contributed by atoms with Crippen LogP contribution >= 0.6 is 23.4 Å². The molecule has 0 saturated carbocycles. The van der Waals surface area contributed by atoms with Crippen LogP contribution in [0.1, 0.15) is 43.7 Å². The average molecular weight is 312 g/mol. The first-order valence-corrected chi connectivity index (χ1v) is 8.96. The molecule has 2 atom stereocenters. The molecule has 0 aliphatic carbocycles. The van der Waals surface area contributed by atoms with Gasteiger partial charge in [0, 0.05) is 22.6 Å². The molecule has 0 bridgehead atoms. The summed E-state index contributed by atoms with van der Waals surface area (Å²) in [5, 5.41) is 4.54. The summed E-state index contributed by atoms with van der Waals surface area (Å²) >= 11 is 8.08. The molecule has 1 aromatic carbocycles. The van der Waals surface area contributed by atoms with Crippen molar-refractivity contribution in [2.75, 3.05) is 18.9 Å². The molecule has 0 radical (unpaired) electrons. The van der Waals surface area contributed by atoms with Gasteiger partial charge >= 0.3 is 0 Å². The highest BCUT2D eigenvalue weighted by molar-refractivity contribution is 7.99. The molecule has 1 fully saturated rings. The van der Waals surface area contributed by atoms with Gasteiger partial charge in [0.25, 0.3) is 0 Å². The van der Waals surface area contributed by atoms with Gasteiger partial charge in [-0.05, 0) is 68.2 Å². The number of halogens is 1. The van der Waals surface area contributed by atoms with Gasteiger partial charge in [-0.25, -0.2) is 0 Å². The number of rotatable bonds is 4. The zero-order valence-electron chi connectivity index (χ0n) is 11.7. The minimum absolute atomic E-state index is 0.452. The molecule has 2 aliphatic heterocycles. The topological polar surface area (TPSA) is 21.3 Å². The molecule has 4 heteroatoms. The fourth-order valence-electron chi connectivity index (χ4n) is 3.03. The van der Waals surface area contributed by atoms with Crippen LogP contribution in [0.4, 0.5) is 0 Å². The van der Waals surface area contributed by atoms with E-state index in [0.29, 0.717) is 12.1 Å². The Kier molecular flexibility index (Phi) is 5.27. The van der Waals surface area contributed by atoms with Crippen LogP contribution in [-0.4, -0.2) is 25.0 Å². The maximum atomic E-state index is 6.14. The monoisotopic (exact) mass is 311 g/mol. The van der Waals surface area contributed by atoms with Crippen LogP contribution in [0.3, 0.4) is 0 Å². The highest BCUT2D eigenvalue weighted by Crippen LogP contribution is 2.37. The Labute approximate surface area is 130 Å². The zero-order chi connectivity index (χ0) is 13.8. The van der Waals surface area contributed by atoms with Gasteiger partial charge in [0.2, 0.25) is 0 Å². The van der Waals surface area contributed by atoms with Crippen molar-refractivity contribution in [3.05, 3.63) is 28.8 Å². The van der Waals surface area contributed by atoms with E-state index in [2.05, 4.69) is 17.4 Å². The Hall–Kier alpha value is -0.220. The molecule has 1 saturated heterocycles. The number of ether oxygens (including phenoxy) is 1. The molecule has 2 unspecified atom stereocenters. The summed E-state index contributed by atoms with van der Waals surface area (Å²) in [6.45, 7) is 1.98. The first kappa shape index (κ1) is 14.7. The van der Waals surface area contributed by atoms with Gasteiger partial charge in [-0.1, -0.05) is 11.6 Å². The standard InChI is InChI=1S/C16H22ClNOS/c17-12-4-5-16-14(11-12)15(7-10-20-16)18-8-6-13-3-1-2-9-19-13/h4-5,11,13,15,18H,1-3,6-10H2. The van der Waals surface area contributed by atoms with E-state index in [9.17, 15) is 0 Å². The molecular formula is C16H22ClNOS. The quantitative estimate of drug-likeness (QED) is 0.889. The summed E-state index contributed by atoms with van der Waals surface area (Å²) in [5.74, 6) is 1.19. The van der Waals surface area contributed by atoms with Crippen LogP contribution in [0.5, 0.6) is 0 Å². The van der Waals surface area contributed by atoms with Gasteiger partial charge in [-0.3, -0.25) is 0 Å². The minimum atomic E-state index is 0.452. The van der Waals surface area contributed by atoms with E-state index >= 15 is 0 Å². The van der Waals surface area contributed by atoms with E-state index in [1.165, 1.54) is 41.9 Å². The van der Waals surface area contributed by atoms with E-state index < -0.39 is 0 Å². The minimum Gasteiger partial charge on any atom is -0.378 e. The average Bonchev–Trinajstić information content (AvgIpc) is 2.49. The van der Waals surface area contributed by atoms with E-state index in [0.717, 1.165) is 24.6 Å². The van der Waals surface area contributed by atoms with Crippen molar-refractivity contribution in [2.45, 2.75) is 49.1 Å². The van der Waals surface area contributed by atoms with E-state index in [-0.39, 0.29) is 0 Å². The Morgan fingerprint density at radius 2 is 2.25 bits per heavy atom. The van der Waals surface area contributed by atoms with Crippen LogP contribution < -0.4 is 5.32 Å². The van der Waals surface area contributed by atoms with Crippen molar-refractivity contribution in [1.29, 1.82) is 0 Å². The van der Waals surface area contributed by atoms with Crippen molar-refractivity contribution in [3.63, 3.8) is 0 Å². The highest BCUT2D eigenvalue weighted by Gasteiger charge is 2.21. The molecule has 1 aromatic rings. The van der Waals surface area contributed by atoms with Crippen molar-refractivity contribution >= 4 is 23.4 Å². The lowest BCUT2D eigenvalue weighted by Gasteiger charge is -2.28. The summed E-state index contributed by atoms with van der Waals surface area (Å²) < 4.78 is 5.79. The van der Waals surface area contributed by atoms with Gasteiger partial charge in [0.05, 0.1) is 6.10 Å². The molecule has 2 nitrogen and oxygen atoms in total. The maximum Gasteiger partial charge on any atom is 0.0587 e. The second kappa shape index (κ2) is 7.17. The Bertz CT molecular complexity index is 448. The van der Waals surface area contributed by atoms with Crippen molar-refractivity contribution < 1.29 is 4.74 Å². The summed E-state index contributed by atoms with van der Waals surface area (Å²) in [6, 6.07) is 6.72. The largest absolute Gasteiger partial charge is 0.378 e.